The Morgan fingerprint density at radius 3 is 2.35 bits per heavy atom. The van der Waals surface area contributed by atoms with Crippen LogP contribution in [0, 0.1) is 12.7 Å². The summed E-state index contributed by atoms with van der Waals surface area (Å²) in [7, 11) is 0. The van der Waals surface area contributed by atoms with Crippen molar-refractivity contribution in [3.8, 4) is 17.1 Å². The van der Waals surface area contributed by atoms with Gasteiger partial charge in [-0.25, -0.2) is 19.2 Å². The third-order valence-corrected chi connectivity index (χ3v) is 3.50. The number of anilines is 1. The number of nitrogens with zero attached hydrogens (tertiary/aromatic N) is 2. The van der Waals surface area contributed by atoms with Crippen LogP contribution in [0.1, 0.15) is 42.4 Å². The van der Waals surface area contributed by atoms with Crippen molar-refractivity contribution < 1.29 is 19.4 Å². The Balaban J connectivity index is 2.65. The first-order valence-electron chi connectivity index (χ1n) is 6.93. The minimum atomic E-state index is -1.25. The number of phenolic OH excluding ortho intramolecular Hbond substituents is 1. The number of carboxylic acid groups (broad SMARTS) is 1. The largest absolute Gasteiger partial charge is 0.504 e. The van der Waals surface area contributed by atoms with Gasteiger partial charge in [0.05, 0.1) is 11.3 Å². The molecule has 0 atom stereocenters. The van der Waals surface area contributed by atoms with E-state index in [0.29, 0.717) is 5.56 Å². The lowest BCUT2D eigenvalue weighted by molar-refractivity contribution is 0.0696. The van der Waals surface area contributed by atoms with E-state index in [1.807, 2.05) is 20.8 Å². The van der Waals surface area contributed by atoms with Crippen LogP contribution < -0.4 is 5.73 Å². The fraction of sp³-hybridized carbons (Fsp3) is 0.312. The first kappa shape index (κ1) is 16.7. The Labute approximate surface area is 132 Å². The lowest BCUT2D eigenvalue weighted by Gasteiger charge is -2.21. The Morgan fingerprint density at radius 1 is 1.26 bits per heavy atom. The van der Waals surface area contributed by atoms with Crippen molar-refractivity contribution in [3.05, 3.63) is 34.8 Å². The van der Waals surface area contributed by atoms with Gasteiger partial charge in [0.2, 0.25) is 0 Å². The molecule has 0 radical (unpaired) electrons. The molecule has 0 aliphatic heterocycles. The van der Waals surface area contributed by atoms with Crippen molar-refractivity contribution in [1.82, 2.24) is 9.97 Å². The number of rotatable bonds is 2. The standard InChI is InChI=1S/C16H18FN3O3/c1-7-10(15(22)23)13(18)20-14(19-7)8-5-6-9(16(2,3)4)11(17)12(8)21/h5-6,21H,1-4H3,(H,22,23)(H2,18,19,20). The van der Waals surface area contributed by atoms with Gasteiger partial charge in [-0.15, -0.1) is 0 Å². The van der Waals surface area contributed by atoms with E-state index >= 15 is 0 Å². The highest BCUT2D eigenvalue weighted by Crippen LogP contribution is 2.36. The summed E-state index contributed by atoms with van der Waals surface area (Å²) in [6, 6.07) is 3.04. The molecule has 0 aliphatic carbocycles. The quantitative estimate of drug-likeness (QED) is 0.785. The van der Waals surface area contributed by atoms with E-state index in [2.05, 4.69) is 9.97 Å². The molecular weight excluding hydrogens is 301 g/mol. The SMILES string of the molecule is Cc1nc(-c2ccc(C(C)(C)C)c(F)c2O)nc(N)c1C(=O)O. The summed E-state index contributed by atoms with van der Waals surface area (Å²) < 4.78 is 14.4. The van der Waals surface area contributed by atoms with Crippen LogP contribution in [0.25, 0.3) is 11.4 Å². The second-order valence-electron chi connectivity index (χ2n) is 6.27. The van der Waals surface area contributed by atoms with Crippen LogP contribution in [-0.4, -0.2) is 26.2 Å². The number of carboxylic acids is 1. The summed E-state index contributed by atoms with van der Waals surface area (Å²) in [5, 5.41) is 19.2. The van der Waals surface area contributed by atoms with Crippen molar-refractivity contribution in [3.63, 3.8) is 0 Å². The Morgan fingerprint density at radius 2 is 1.87 bits per heavy atom. The number of carbonyl (C=O) groups is 1. The maximum atomic E-state index is 14.4. The fourth-order valence-corrected chi connectivity index (χ4v) is 2.30. The highest BCUT2D eigenvalue weighted by molar-refractivity contribution is 5.94. The van der Waals surface area contributed by atoms with E-state index in [1.54, 1.807) is 6.07 Å². The third kappa shape index (κ3) is 2.94. The number of aromatic carboxylic acids is 1. The van der Waals surface area contributed by atoms with Gasteiger partial charge >= 0.3 is 5.97 Å². The van der Waals surface area contributed by atoms with Crippen molar-refractivity contribution >= 4 is 11.8 Å². The number of benzene rings is 1. The average Bonchev–Trinajstić information content (AvgIpc) is 2.38. The number of aromatic hydroxyl groups is 1. The summed E-state index contributed by atoms with van der Waals surface area (Å²) >= 11 is 0. The molecule has 2 rings (SSSR count). The number of nitrogens with two attached hydrogens (primary N) is 1. The van der Waals surface area contributed by atoms with Crippen molar-refractivity contribution in [2.75, 3.05) is 5.73 Å². The molecule has 0 fully saturated rings. The van der Waals surface area contributed by atoms with Crippen LogP contribution in [0.15, 0.2) is 12.1 Å². The molecule has 0 amide bonds. The Kier molecular flexibility index (Phi) is 3.98. The van der Waals surface area contributed by atoms with Crippen LogP contribution in [0.2, 0.25) is 0 Å². The van der Waals surface area contributed by atoms with Gasteiger partial charge in [-0.2, -0.15) is 0 Å². The van der Waals surface area contributed by atoms with E-state index in [1.165, 1.54) is 13.0 Å². The zero-order valence-corrected chi connectivity index (χ0v) is 13.3. The molecule has 0 bridgehead atoms. The van der Waals surface area contributed by atoms with E-state index in [4.69, 9.17) is 10.8 Å². The summed E-state index contributed by atoms with van der Waals surface area (Å²) in [6.45, 7) is 6.93. The molecule has 0 saturated heterocycles. The minimum absolute atomic E-state index is 0.0261. The normalized spacial score (nSPS) is 11.5. The number of aromatic nitrogens is 2. The molecule has 122 valence electrons. The zero-order valence-electron chi connectivity index (χ0n) is 13.3. The minimum Gasteiger partial charge on any atom is -0.504 e. The summed E-state index contributed by atoms with van der Waals surface area (Å²) in [6.07, 6.45) is 0. The predicted molar refractivity (Wildman–Crippen MR) is 83.9 cm³/mol. The first-order valence-corrected chi connectivity index (χ1v) is 6.93. The summed E-state index contributed by atoms with van der Waals surface area (Å²) in [5.41, 5.74) is 5.50. The maximum absolute atomic E-state index is 14.4. The number of halogens is 1. The van der Waals surface area contributed by atoms with Gasteiger partial charge in [0, 0.05) is 0 Å². The van der Waals surface area contributed by atoms with Crippen LogP contribution in [0.5, 0.6) is 5.75 Å². The lowest BCUT2D eigenvalue weighted by Crippen LogP contribution is -2.14. The van der Waals surface area contributed by atoms with Gasteiger partial charge < -0.3 is 15.9 Å². The number of phenols is 1. The highest BCUT2D eigenvalue weighted by atomic mass is 19.1. The van der Waals surface area contributed by atoms with Gasteiger partial charge in [0.25, 0.3) is 0 Å². The van der Waals surface area contributed by atoms with Crippen molar-refractivity contribution in [2.24, 2.45) is 0 Å². The first-order chi connectivity index (χ1) is 10.5. The zero-order chi connectivity index (χ0) is 17.5. The van der Waals surface area contributed by atoms with Crippen LogP contribution in [0.4, 0.5) is 10.2 Å². The molecular formula is C16H18FN3O3. The topological polar surface area (TPSA) is 109 Å². The van der Waals surface area contributed by atoms with Gasteiger partial charge in [-0.3, -0.25) is 0 Å². The third-order valence-electron chi connectivity index (χ3n) is 3.50. The second kappa shape index (κ2) is 5.49. The molecule has 0 aliphatic rings. The maximum Gasteiger partial charge on any atom is 0.341 e. The second-order valence-corrected chi connectivity index (χ2v) is 6.27. The van der Waals surface area contributed by atoms with Crippen LogP contribution in [-0.2, 0) is 5.41 Å². The molecule has 1 aromatic heterocycles. The van der Waals surface area contributed by atoms with Gasteiger partial charge in [0.1, 0.15) is 11.4 Å². The Hall–Kier alpha value is -2.70. The lowest BCUT2D eigenvalue weighted by atomic mass is 9.85. The van der Waals surface area contributed by atoms with Gasteiger partial charge in [0.15, 0.2) is 17.4 Å². The monoisotopic (exact) mass is 319 g/mol. The summed E-state index contributed by atoms with van der Waals surface area (Å²) in [4.78, 5) is 19.0. The number of hydrogen-bond donors (Lipinski definition) is 3. The number of aryl methyl sites for hydroxylation is 1. The molecule has 1 heterocycles. The molecule has 0 saturated carbocycles. The van der Waals surface area contributed by atoms with Crippen LogP contribution >= 0.6 is 0 Å². The molecule has 6 nitrogen and oxygen atoms in total. The predicted octanol–water partition coefficient (Wildman–Crippen LogP) is 2.87. The molecule has 7 heteroatoms. The van der Waals surface area contributed by atoms with Gasteiger partial charge in [-0.05, 0) is 24.0 Å². The molecule has 1 aromatic carbocycles. The molecule has 4 N–H and O–H groups in total. The number of nitrogen functional groups attached to an aromatic ring is 1. The molecule has 2 aromatic rings. The summed E-state index contributed by atoms with van der Waals surface area (Å²) in [5.74, 6) is -2.84. The fourth-order valence-electron chi connectivity index (χ4n) is 2.30. The van der Waals surface area contributed by atoms with Crippen LogP contribution in [0.3, 0.4) is 0 Å². The highest BCUT2D eigenvalue weighted by Gasteiger charge is 2.24. The smallest absolute Gasteiger partial charge is 0.341 e. The van der Waals surface area contributed by atoms with E-state index in [0.717, 1.165) is 0 Å². The number of hydrogen-bond acceptors (Lipinski definition) is 5. The Bertz CT molecular complexity index is 775. The van der Waals surface area contributed by atoms with E-state index < -0.39 is 23.0 Å². The molecule has 0 unspecified atom stereocenters. The van der Waals surface area contributed by atoms with E-state index in [9.17, 15) is 14.3 Å². The molecule has 0 spiro atoms. The van der Waals surface area contributed by atoms with Crippen molar-refractivity contribution in [1.29, 1.82) is 0 Å². The van der Waals surface area contributed by atoms with E-state index in [-0.39, 0.29) is 28.5 Å². The average molecular weight is 319 g/mol. The van der Waals surface area contributed by atoms with Crippen molar-refractivity contribution in [2.45, 2.75) is 33.1 Å². The van der Waals surface area contributed by atoms with Gasteiger partial charge in [-0.1, -0.05) is 26.8 Å². The molecule has 23 heavy (non-hydrogen) atoms.